The standard InChI is InChI=1S/C22H24N4O2/c23-14-17-5-7-18(8-6-17)16-25-9-11-26(12-10-25)22(27)24-15-20-13-19-3-1-2-4-21(19)28-20/h1-8,20H,9-13,15-16H2,(H,24,27). The lowest BCUT2D eigenvalue weighted by atomic mass is 10.1. The number of hydrogen-bond acceptors (Lipinski definition) is 4. The van der Waals surface area contributed by atoms with Gasteiger partial charge in [-0.1, -0.05) is 30.3 Å². The van der Waals surface area contributed by atoms with Crippen LogP contribution in [0.3, 0.4) is 0 Å². The zero-order chi connectivity index (χ0) is 19.3. The number of carbonyl (C=O) groups excluding carboxylic acids is 1. The fourth-order valence-corrected chi connectivity index (χ4v) is 3.73. The number of nitriles is 1. The van der Waals surface area contributed by atoms with E-state index < -0.39 is 0 Å². The quantitative estimate of drug-likeness (QED) is 0.890. The van der Waals surface area contributed by atoms with Gasteiger partial charge in [0, 0.05) is 39.1 Å². The van der Waals surface area contributed by atoms with E-state index >= 15 is 0 Å². The second-order valence-electron chi connectivity index (χ2n) is 7.31. The number of ether oxygens (including phenoxy) is 1. The molecule has 1 unspecified atom stereocenters. The maximum atomic E-state index is 12.5. The Balaban J connectivity index is 1.19. The molecule has 2 aromatic rings. The highest BCUT2D eigenvalue weighted by Gasteiger charge is 2.25. The van der Waals surface area contributed by atoms with E-state index in [1.807, 2.05) is 47.4 Å². The van der Waals surface area contributed by atoms with Crippen molar-refractivity contribution in [1.82, 2.24) is 15.1 Å². The summed E-state index contributed by atoms with van der Waals surface area (Å²) in [6, 6.07) is 17.9. The van der Waals surface area contributed by atoms with Crippen LogP contribution >= 0.6 is 0 Å². The summed E-state index contributed by atoms with van der Waals surface area (Å²) in [7, 11) is 0. The molecule has 1 N–H and O–H groups in total. The number of rotatable bonds is 4. The minimum atomic E-state index is -0.0161. The van der Waals surface area contributed by atoms with Gasteiger partial charge in [0.15, 0.2) is 0 Å². The second kappa shape index (κ2) is 8.32. The van der Waals surface area contributed by atoms with Crippen molar-refractivity contribution < 1.29 is 9.53 Å². The van der Waals surface area contributed by atoms with E-state index in [-0.39, 0.29) is 12.1 Å². The van der Waals surface area contributed by atoms with E-state index in [4.69, 9.17) is 10.00 Å². The van der Waals surface area contributed by atoms with E-state index in [0.717, 1.165) is 31.8 Å². The van der Waals surface area contributed by atoms with Crippen LogP contribution in [-0.4, -0.2) is 54.7 Å². The molecule has 0 saturated carbocycles. The normalized spacial score (nSPS) is 18.8. The molecule has 2 amide bonds. The molecule has 0 bridgehead atoms. The molecular weight excluding hydrogens is 352 g/mol. The summed E-state index contributed by atoms with van der Waals surface area (Å²) in [5.74, 6) is 0.929. The van der Waals surface area contributed by atoms with Gasteiger partial charge in [0.05, 0.1) is 18.2 Å². The summed E-state index contributed by atoms with van der Waals surface area (Å²) >= 11 is 0. The maximum absolute atomic E-state index is 12.5. The van der Waals surface area contributed by atoms with Crippen molar-refractivity contribution in [1.29, 1.82) is 5.26 Å². The third kappa shape index (κ3) is 4.26. The highest BCUT2D eigenvalue weighted by Crippen LogP contribution is 2.27. The molecular formula is C22H24N4O2. The first kappa shape index (κ1) is 18.3. The molecule has 28 heavy (non-hydrogen) atoms. The van der Waals surface area contributed by atoms with Crippen LogP contribution in [0.5, 0.6) is 5.75 Å². The van der Waals surface area contributed by atoms with Crippen molar-refractivity contribution in [3.63, 3.8) is 0 Å². The van der Waals surface area contributed by atoms with Crippen molar-refractivity contribution in [3.8, 4) is 11.8 Å². The van der Waals surface area contributed by atoms with Crippen molar-refractivity contribution in [3.05, 3.63) is 65.2 Å². The lowest BCUT2D eigenvalue weighted by Gasteiger charge is -2.34. The molecule has 0 spiro atoms. The molecule has 2 aliphatic heterocycles. The fraction of sp³-hybridized carbons (Fsp3) is 0.364. The van der Waals surface area contributed by atoms with Crippen LogP contribution in [0, 0.1) is 11.3 Å². The lowest BCUT2D eigenvalue weighted by Crippen LogP contribution is -2.52. The Bertz CT molecular complexity index is 842. The number of nitrogens with zero attached hydrogens (tertiary/aromatic N) is 3. The number of piperazine rings is 1. The number of carbonyl (C=O) groups is 1. The molecule has 1 fully saturated rings. The van der Waals surface area contributed by atoms with Gasteiger partial charge < -0.3 is 15.0 Å². The van der Waals surface area contributed by atoms with Crippen LogP contribution in [0.25, 0.3) is 0 Å². The summed E-state index contributed by atoms with van der Waals surface area (Å²) in [6.45, 7) is 4.49. The van der Waals surface area contributed by atoms with Gasteiger partial charge in [-0.15, -0.1) is 0 Å². The number of benzene rings is 2. The molecule has 6 nitrogen and oxygen atoms in total. The number of hydrogen-bond donors (Lipinski definition) is 1. The molecule has 0 aliphatic carbocycles. The van der Waals surface area contributed by atoms with E-state index in [1.54, 1.807) is 0 Å². The summed E-state index contributed by atoms with van der Waals surface area (Å²) in [4.78, 5) is 16.7. The molecule has 6 heteroatoms. The van der Waals surface area contributed by atoms with Crippen LogP contribution in [0.1, 0.15) is 16.7 Å². The summed E-state index contributed by atoms with van der Waals surface area (Å²) < 4.78 is 5.88. The number of urea groups is 1. The summed E-state index contributed by atoms with van der Waals surface area (Å²) in [5, 5.41) is 11.9. The Morgan fingerprint density at radius 3 is 2.57 bits per heavy atom. The fourth-order valence-electron chi connectivity index (χ4n) is 3.73. The van der Waals surface area contributed by atoms with Crippen LogP contribution in [0.15, 0.2) is 48.5 Å². The third-order valence-corrected chi connectivity index (χ3v) is 5.34. The molecule has 2 aromatic carbocycles. The van der Waals surface area contributed by atoms with Crippen LogP contribution < -0.4 is 10.1 Å². The van der Waals surface area contributed by atoms with Crippen molar-refractivity contribution in [2.24, 2.45) is 0 Å². The van der Waals surface area contributed by atoms with Crippen LogP contribution in [0.2, 0.25) is 0 Å². The Labute approximate surface area is 165 Å². The lowest BCUT2D eigenvalue weighted by molar-refractivity contribution is 0.132. The summed E-state index contributed by atoms with van der Waals surface area (Å²) in [6.07, 6.45) is 0.855. The van der Waals surface area contributed by atoms with E-state index in [0.29, 0.717) is 25.2 Å². The van der Waals surface area contributed by atoms with Crippen molar-refractivity contribution in [2.45, 2.75) is 19.1 Å². The average molecular weight is 376 g/mol. The molecule has 0 aromatic heterocycles. The Kier molecular flexibility index (Phi) is 5.45. The topological polar surface area (TPSA) is 68.6 Å². The Morgan fingerprint density at radius 2 is 1.86 bits per heavy atom. The molecule has 1 atom stereocenters. The van der Waals surface area contributed by atoms with E-state index in [2.05, 4.69) is 22.4 Å². The first-order chi connectivity index (χ1) is 13.7. The molecule has 1 saturated heterocycles. The SMILES string of the molecule is N#Cc1ccc(CN2CCN(C(=O)NCC3Cc4ccccc4O3)CC2)cc1. The summed E-state index contributed by atoms with van der Waals surface area (Å²) in [5.41, 5.74) is 3.08. The molecule has 4 rings (SSSR count). The Hall–Kier alpha value is -3.04. The van der Waals surface area contributed by atoms with E-state index in [9.17, 15) is 4.79 Å². The van der Waals surface area contributed by atoms with Gasteiger partial charge in [-0.25, -0.2) is 4.79 Å². The minimum absolute atomic E-state index is 0.0130. The van der Waals surface area contributed by atoms with Gasteiger partial charge in [0.2, 0.25) is 0 Å². The predicted octanol–water partition coefficient (Wildman–Crippen LogP) is 2.39. The van der Waals surface area contributed by atoms with Gasteiger partial charge in [0.25, 0.3) is 0 Å². The number of amides is 2. The highest BCUT2D eigenvalue weighted by molar-refractivity contribution is 5.74. The smallest absolute Gasteiger partial charge is 0.317 e. The molecule has 2 aliphatic rings. The molecule has 0 radical (unpaired) electrons. The van der Waals surface area contributed by atoms with Crippen molar-refractivity contribution >= 4 is 6.03 Å². The second-order valence-corrected chi connectivity index (χ2v) is 7.31. The first-order valence-electron chi connectivity index (χ1n) is 9.70. The van der Waals surface area contributed by atoms with Crippen LogP contribution in [-0.2, 0) is 13.0 Å². The largest absolute Gasteiger partial charge is 0.488 e. The molecule has 144 valence electrons. The third-order valence-electron chi connectivity index (χ3n) is 5.34. The zero-order valence-electron chi connectivity index (χ0n) is 15.8. The van der Waals surface area contributed by atoms with Gasteiger partial charge in [-0.3, -0.25) is 4.90 Å². The number of para-hydroxylation sites is 1. The maximum Gasteiger partial charge on any atom is 0.317 e. The first-order valence-corrected chi connectivity index (χ1v) is 9.70. The number of fused-ring (bicyclic) bond motifs is 1. The minimum Gasteiger partial charge on any atom is -0.488 e. The number of nitrogens with one attached hydrogen (secondary N) is 1. The van der Waals surface area contributed by atoms with Gasteiger partial charge in [-0.05, 0) is 29.3 Å². The van der Waals surface area contributed by atoms with Gasteiger partial charge in [0.1, 0.15) is 11.9 Å². The van der Waals surface area contributed by atoms with Gasteiger partial charge in [-0.2, -0.15) is 5.26 Å². The average Bonchev–Trinajstić information content (AvgIpc) is 3.16. The monoisotopic (exact) mass is 376 g/mol. The Morgan fingerprint density at radius 1 is 1.11 bits per heavy atom. The highest BCUT2D eigenvalue weighted by atomic mass is 16.5. The van der Waals surface area contributed by atoms with Crippen molar-refractivity contribution in [2.75, 3.05) is 32.7 Å². The molecule has 2 heterocycles. The van der Waals surface area contributed by atoms with E-state index in [1.165, 1.54) is 11.1 Å². The van der Waals surface area contributed by atoms with Crippen LogP contribution in [0.4, 0.5) is 4.79 Å². The predicted molar refractivity (Wildman–Crippen MR) is 106 cm³/mol. The van der Waals surface area contributed by atoms with Gasteiger partial charge >= 0.3 is 6.03 Å². The zero-order valence-corrected chi connectivity index (χ0v) is 15.8.